The Hall–Kier alpha value is -1.54. The molecule has 2 rings (SSSR count). The minimum Gasteiger partial charge on any atom is -0.318 e. The zero-order chi connectivity index (χ0) is 12.6. The van der Waals surface area contributed by atoms with Gasteiger partial charge in [-0.15, -0.1) is 0 Å². The molecule has 0 radical (unpaired) electrons. The lowest BCUT2D eigenvalue weighted by Gasteiger charge is -2.15. The van der Waals surface area contributed by atoms with Crippen LogP contribution in [0.3, 0.4) is 0 Å². The number of hydrogen-bond acceptors (Lipinski definition) is 1. The number of benzene rings is 1. The first-order valence-electron chi connectivity index (χ1n) is 5.46. The molecular formula is C14H14ClNO. The minimum absolute atomic E-state index is 0.0365. The van der Waals surface area contributed by atoms with Crippen molar-refractivity contribution in [3.8, 4) is 5.69 Å². The Morgan fingerprint density at radius 1 is 1.00 bits per heavy atom. The lowest BCUT2D eigenvalue weighted by molar-refractivity contribution is 0.921. The van der Waals surface area contributed by atoms with E-state index in [0.717, 1.165) is 27.7 Å². The Kier molecular flexibility index (Phi) is 3.07. The van der Waals surface area contributed by atoms with Crippen LogP contribution in [0.1, 0.15) is 17.0 Å². The van der Waals surface area contributed by atoms with Crippen molar-refractivity contribution in [2.24, 2.45) is 0 Å². The van der Waals surface area contributed by atoms with Gasteiger partial charge in [0.2, 0.25) is 0 Å². The van der Waals surface area contributed by atoms with Gasteiger partial charge in [-0.3, -0.25) is 4.79 Å². The summed E-state index contributed by atoms with van der Waals surface area (Å²) in [6, 6.07) is 9.16. The first-order valence-corrected chi connectivity index (χ1v) is 5.83. The Bertz CT molecular complexity index is 602. The molecule has 0 aliphatic carbocycles. The molecule has 0 saturated heterocycles. The smallest absolute Gasteiger partial charge is 0.182 e. The topological polar surface area (TPSA) is 22.0 Å². The second kappa shape index (κ2) is 4.38. The summed E-state index contributed by atoms with van der Waals surface area (Å²) >= 11 is 6.12. The summed E-state index contributed by atoms with van der Waals surface area (Å²) in [6.07, 6.45) is 0. The van der Waals surface area contributed by atoms with Crippen LogP contribution in [0.4, 0.5) is 0 Å². The van der Waals surface area contributed by atoms with Gasteiger partial charge in [-0.1, -0.05) is 17.7 Å². The van der Waals surface area contributed by atoms with E-state index in [4.69, 9.17) is 11.6 Å². The van der Waals surface area contributed by atoms with E-state index >= 15 is 0 Å². The number of aryl methyl sites for hydroxylation is 3. The molecule has 0 aliphatic heterocycles. The molecule has 1 aromatic heterocycles. The summed E-state index contributed by atoms with van der Waals surface area (Å²) in [5.74, 6) is 0. The Labute approximate surface area is 105 Å². The molecule has 0 spiro atoms. The first-order chi connectivity index (χ1) is 7.99. The molecule has 17 heavy (non-hydrogen) atoms. The van der Waals surface area contributed by atoms with E-state index in [0.29, 0.717) is 0 Å². The van der Waals surface area contributed by atoms with Crippen molar-refractivity contribution in [2.75, 3.05) is 0 Å². The molecule has 1 heterocycles. The molecule has 1 aromatic carbocycles. The van der Waals surface area contributed by atoms with Gasteiger partial charge in [0.25, 0.3) is 0 Å². The monoisotopic (exact) mass is 247 g/mol. The normalized spacial score (nSPS) is 10.6. The van der Waals surface area contributed by atoms with Crippen LogP contribution in [0.2, 0.25) is 5.02 Å². The summed E-state index contributed by atoms with van der Waals surface area (Å²) in [4.78, 5) is 11.4. The highest BCUT2D eigenvalue weighted by Gasteiger charge is 2.05. The fourth-order valence-corrected chi connectivity index (χ4v) is 2.16. The van der Waals surface area contributed by atoms with Crippen LogP contribution >= 0.6 is 11.6 Å². The molecule has 0 N–H and O–H groups in total. The highest BCUT2D eigenvalue weighted by Crippen LogP contribution is 2.21. The van der Waals surface area contributed by atoms with E-state index in [1.54, 1.807) is 12.1 Å². The van der Waals surface area contributed by atoms with Crippen molar-refractivity contribution < 1.29 is 0 Å². The van der Waals surface area contributed by atoms with Gasteiger partial charge >= 0.3 is 0 Å². The number of aromatic nitrogens is 1. The van der Waals surface area contributed by atoms with Gasteiger partial charge in [0.05, 0.1) is 0 Å². The fraction of sp³-hybridized carbons (Fsp3) is 0.214. The fourth-order valence-electron chi connectivity index (χ4n) is 1.99. The number of halogens is 1. The van der Waals surface area contributed by atoms with E-state index in [9.17, 15) is 4.79 Å². The zero-order valence-corrected chi connectivity index (χ0v) is 10.9. The molecule has 2 nitrogen and oxygen atoms in total. The van der Waals surface area contributed by atoms with Crippen LogP contribution in [0.5, 0.6) is 0 Å². The van der Waals surface area contributed by atoms with Crippen molar-refractivity contribution in [1.82, 2.24) is 4.57 Å². The predicted octanol–water partition coefficient (Wildman–Crippen LogP) is 3.42. The first kappa shape index (κ1) is 11.9. The average molecular weight is 248 g/mol. The third-order valence-corrected chi connectivity index (χ3v) is 3.23. The van der Waals surface area contributed by atoms with Crippen LogP contribution < -0.4 is 5.43 Å². The molecule has 0 amide bonds. The van der Waals surface area contributed by atoms with E-state index in [1.807, 2.05) is 43.5 Å². The number of rotatable bonds is 1. The molecule has 0 saturated carbocycles. The van der Waals surface area contributed by atoms with Crippen molar-refractivity contribution in [3.63, 3.8) is 0 Å². The summed E-state index contributed by atoms with van der Waals surface area (Å²) in [5, 5.41) is 0.736. The second-order valence-corrected chi connectivity index (χ2v) is 4.65. The van der Waals surface area contributed by atoms with Crippen LogP contribution in [0.15, 0.2) is 35.1 Å². The molecule has 0 fully saturated rings. The molecule has 2 aromatic rings. The van der Waals surface area contributed by atoms with Crippen molar-refractivity contribution >= 4 is 11.6 Å². The van der Waals surface area contributed by atoms with Crippen LogP contribution in [0, 0.1) is 20.8 Å². The van der Waals surface area contributed by atoms with Crippen LogP contribution in [-0.4, -0.2) is 4.57 Å². The SMILES string of the molecule is Cc1ccc(-n2c(C)cc(=O)cc2C)cc1Cl. The third kappa shape index (κ3) is 2.27. The van der Waals surface area contributed by atoms with E-state index in [1.165, 1.54) is 0 Å². The van der Waals surface area contributed by atoms with Crippen LogP contribution in [-0.2, 0) is 0 Å². The van der Waals surface area contributed by atoms with Crippen LogP contribution in [0.25, 0.3) is 5.69 Å². The Balaban J connectivity index is 2.68. The lowest BCUT2D eigenvalue weighted by atomic mass is 10.2. The van der Waals surface area contributed by atoms with E-state index in [-0.39, 0.29) is 5.43 Å². The Morgan fingerprint density at radius 3 is 2.12 bits per heavy atom. The van der Waals surface area contributed by atoms with E-state index < -0.39 is 0 Å². The number of hydrogen-bond donors (Lipinski definition) is 0. The lowest BCUT2D eigenvalue weighted by Crippen LogP contribution is -2.11. The average Bonchev–Trinajstić information content (AvgIpc) is 2.21. The molecule has 0 bridgehead atoms. The van der Waals surface area contributed by atoms with Crippen molar-refractivity contribution in [3.05, 3.63) is 62.5 Å². The second-order valence-electron chi connectivity index (χ2n) is 4.24. The van der Waals surface area contributed by atoms with Crippen molar-refractivity contribution in [1.29, 1.82) is 0 Å². The molecule has 0 unspecified atom stereocenters. The van der Waals surface area contributed by atoms with Gasteiger partial charge in [-0.2, -0.15) is 0 Å². The quantitative estimate of drug-likeness (QED) is 0.757. The molecule has 88 valence electrons. The van der Waals surface area contributed by atoms with Gasteiger partial charge < -0.3 is 4.57 Å². The van der Waals surface area contributed by atoms with E-state index in [2.05, 4.69) is 0 Å². The number of nitrogens with zero attached hydrogens (tertiary/aromatic N) is 1. The summed E-state index contributed by atoms with van der Waals surface area (Å²) in [5.41, 5.74) is 3.89. The highest BCUT2D eigenvalue weighted by atomic mass is 35.5. The highest BCUT2D eigenvalue weighted by molar-refractivity contribution is 6.31. The molecular weight excluding hydrogens is 234 g/mol. The van der Waals surface area contributed by atoms with Gasteiger partial charge in [-0.05, 0) is 38.5 Å². The Morgan fingerprint density at radius 2 is 1.59 bits per heavy atom. The predicted molar refractivity (Wildman–Crippen MR) is 71.3 cm³/mol. The molecule has 3 heteroatoms. The van der Waals surface area contributed by atoms with Crippen molar-refractivity contribution in [2.45, 2.75) is 20.8 Å². The maximum atomic E-state index is 11.4. The maximum Gasteiger partial charge on any atom is 0.182 e. The zero-order valence-electron chi connectivity index (χ0n) is 10.1. The summed E-state index contributed by atoms with van der Waals surface area (Å²) in [6.45, 7) is 5.81. The van der Waals surface area contributed by atoms with Gasteiger partial charge in [0.15, 0.2) is 5.43 Å². The van der Waals surface area contributed by atoms with Gasteiger partial charge in [0.1, 0.15) is 0 Å². The third-order valence-electron chi connectivity index (χ3n) is 2.82. The minimum atomic E-state index is 0.0365. The summed E-state index contributed by atoms with van der Waals surface area (Å²) in [7, 11) is 0. The maximum absolute atomic E-state index is 11.4. The summed E-state index contributed by atoms with van der Waals surface area (Å²) < 4.78 is 2.02. The standard InChI is InChI=1S/C14H14ClNO/c1-9-4-5-12(8-14(9)15)16-10(2)6-13(17)7-11(16)3/h4-8H,1-3H3. The molecule has 0 atom stereocenters. The molecule has 0 aliphatic rings. The van der Waals surface area contributed by atoms with Gasteiger partial charge in [-0.25, -0.2) is 0 Å². The largest absolute Gasteiger partial charge is 0.318 e. The number of pyridine rings is 1. The van der Waals surface area contributed by atoms with Gasteiger partial charge in [0, 0.05) is 34.2 Å².